The van der Waals surface area contributed by atoms with Crippen LogP contribution in [0.4, 0.5) is 0 Å². The molecular formula is C21H35ClN2O4S. The molecule has 166 valence electrons. The van der Waals surface area contributed by atoms with Crippen LogP contribution in [0, 0.1) is 0 Å². The quantitative estimate of drug-likeness (QED) is 0.282. The van der Waals surface area contributed by atoms with Crippen LogP contribution < -0.4 is 5.73 Å². The molecule has 1 aromatic carbocycles. The number of hydrogen-bond acceptors (Lipinski definition) is 6. The summed E-state index contributed by atoms with van der Waals surface area (Å²) < 4.78 is 4.93. The molecule has 0 heterocycles. The largest absolute Gasteiger partial charge is 0.467 e. The molecular weight excluding hydrogens is 412 g/mol. The van der Waals surface area contributed by atoms with Gasteiger partial charge < -0.3 is 10.5 Å². The number of hydroxylamine groups is 2. The van der Waals surface area contributed by atoms with Gasteiger partial charge in [-0.2, -0.15) is 11.8 Å². The van der Waals surface area contributed by atoms with Crippen molar-refractivity contribution in [3.8, 4) is 0 Å². The number of halogens is 1. The van der Waals surface area contributed by atoms with E-state index in [1.807, 2.05) is 43.5 Å². The van der Waals surface area contributed by atoms with E-state index >= 15 is 0 Å². The van der Waals surface area contributed by atoms with Gasteiger partial charge in [-0.3, -0.25) is 9.63 Å². The van der Waals surface area contributed by atoms with Gasteiger partial charge in [-0.25, -0.2) is 9.86 Å². The molecule has 0 saturated carbocycles. The van der Waals surface area contributed by atoms with Gasteiger partial charge in [0.2, 0.25) is 0 Å². The lowest BCUT2D eigenvalue weighted by Gasteiger charge is -2.32. The summed E-state index contributed by atoms with van der Waals surface area (Å²) in [4.78, 5) is 31.4. The molecule has 0 aliphatic rings. The molecule has 0 aromatic heterocycles. The van der Waals surface area contributed by atoms with E-state index in [4.69, 9.17) is 15.3 Å². The second-order valence-corrected chi connectivity index (χ2v) is 7.74. The third-order valence-electron chi connectivity index (χ3n) is 4.70. The fourth-order valence-corrected chi connectivity index (χ4v) is 3.30. The van der Waals surface area contributed by atoms with Crippen molar-refractivity contribution in [1.82, 2.24) is 5.06 Å². The normalized spacial score (nSPS) is 13.7. The van der Waals surface area contributed by atoms with E-state index in [0.29, 0.717) is 18.8 Å². The SMILES string of the molecule is CCCCCON(C(=O)C(N)[C@@H](C)c1ccccc1)[C@@H](CCSC)C(=O)OC.Cl. The molecule has 0 spiro atoms. The Kier molecular flexibility index (Phi) is 14.9. The molecule has 0 aliphatic heterocycles. The molecule has 0 saturated heterocycles. The van der Waals surface area contributed by atoms with Gasteiger partial charge in [0, 0.05) is 5.92 Å². The van der Waals surface area contributed by atoms with Crippen LogP contribution in [0.25, 0.3) is 0 Å². The first-order valence-corrected chi connectivity index (χ1v) is 11.2. The van der Waals surface area contributed by atoms with Crippen LogP contribution in [0.15, 0.2) is 30.3 Å². The van der Waals surface area contributed by atoms with Crippen molar-refractivity contribution in [1.29, 1.82) is 0 Å². The first-order chi connectivity index (χ1) is 13.5. The molecule has 8 heteroatoms. The average molecular weight is 447 g/mol. The number of ether oxygens (including phenoxy) is 1. The number of benzene rings is 1. The summed E-state index contributed by atoms with van der Waals surface area (Å²) in [6.07, 6.45) is 5.22. The monoisotopic (exact) mass is 446 g/mol. The highest BCUT2D eigenvalue weighted by molar-refractivity contribution is 7.98. The van der Waals surface area contributed by atoms with Gasteiger partial charge in [0.1, 0.15) is 0 Å². The zero-order chi connectivity index (χ0) is 20.9. The lowest BCUT2D eigenvalue weighted by atomic mass is 9.93. The summed E-state index contributed by atoms with van der Waals surface area (Å²) in [7, 11) is 1.32. The Bertz CT molecular complexity index is 591. The number of hydrogen-bond donors (Lipinski definition) is 1. The number of esters is 1. The maximum Gasteiger partial charge on any atom is 0.331 e. The first kappa shape index (κ1) is 27.7. The number of amides is 1. The fraction of sp³-hybridized carbons (Fsp3) is 0.619. The van der Waals surface area contributed by atoms with Gasteiger partial charge in [0.05, 0.1) is 19.8 Å². The molecule has 6 nitrogen and oxygen atoms in total. The smallest absolute Gasteiger partial charge is 0.331 e. The zero-order valence-corrected chi connectivity index (χ0v) is 19.5. The maximum atomic E-state index is 13.2. The van der Waals surface area contributed by atoms with Crippen LogP contribution in [0.1, 0.15) is 51.0 Å². The van der Waals surface area contributed by atoms with Crippen LogP contribution in [0.5, 0.6) is 0 Å². The van der Waals surface area contributed by atoms with Gasteiger partial charge >= 0.3 is 5.97 Å². The lowest BCUT2D eigenvalue weighted by Crippen LogP contribution is -2.53. The number of thioether (sulfide) groups is 1. The second kappa shape index (κ2) is 15.5. The van der Waals surface area contributed by atoms with Crippen LogP contribution >= 0.6 is 24.2 Å². The van der Waals surface area contributed by atoms with E-state index < -0.39 is 24.0 Å². The van der Waals surface area contributed by atoms with Crippen molar-refractivity contribution in [2.75, 3.05) is 25.7 Å². The molecule has 1 unspecified atom stereocenters. The first-order valence-electron chi connectivity index (χ1n) is 9.81. The molecule has 1 amide bonds. The Morgan fingerprint density at radius 3 is 2.41 bits per heavy atom. The lowest BCUT2D eigenvalue weighted by molar-refractivity contribution is -0.210. The van der Waals surface area contributed by atoms with E-state index in [2.05, 4.69) is 6.92 Å². The predicted octanol–water partition coefficient (Wildman–Crippen LogP) is 3.78. The third kappa shape index (κ3) is 8.95. The van der Waals surface area contributed by atoms with Crippen molar-refractivity contribution in [2.45, 2.75) is 57.5 Å². The number of unbranched alkanes of at least 4 members (excludes halogenated alkanes) is 2. The van der Waals surface area contributed by atoms with E-state index in [1.54, 1.807) is 11.8 Å². The van der Waals surface area contributed by atoms with Crippen molar-refractivity contribution < 1.29 is 19.2 Å². The van der Waals surface area contributed by atoms with Crippen molar-refractivity contribution in [3.63, 3.8) is 0 Å². The summed E-state index contributed by atoms with van der Waals surface area (Å²) in [5.41, 5.74) is 7.27. The Labute approximate surface area is 185 Å². The van der Waals surface area contributed by atoms with E-state index in [1.165, 1.54) is 12.2 Å². The molecule has 1 rings (SSSR count). The zero-order valence-electron chi connectivity index (χ0n) is 17.8. The highest BCUT2D eigenvalue weighted by Crippen LogP contribution is 2.21. The van der Waals surface area contributed by atoms with E-state index in [0.717, 1.165) is 24.8 Å². The molecule has 0 aliphatic carbocycles. The van der Waals surface area contributed by atoms with Gasteiger partial charge in [-0.15, -0.1) is 12.4 Å². The number of methoxy groups -OCH3 is 1. The van der Waals surface area contributed by atoms with Crippen LogP contribution in [-0.4, -0.2) is 54.7 Å². The van der Waals surface area contributed by atoms with Crippen molar-refractivity contribution in [3.05, 3.63) is 35.9 Å². The van der Waals surface area contributed by atoms with E-state index in [-0.39, 0.29) is 18.3 Å². The number of nitrogens with zero attached hydrogens (tertiary/aromatic N) is 1. The minimum Gasteiger partial charge on any atom is -0.467 e. The molecule has 29 heavy (non-hydrogen) atoms. The number of carbonyl (C=O) groups excluding carboxylic acids is 2. The minimum atomic E-state index is -0.824. The Morgan fingerprint density at radius 1 is 1.21 bits per heavy atom. The minimum absolute atomic E-state index is 0. The van der Waals surface area contributed by atoms with E-state index in [9.17, 15) is 9.59 Å². The van der Waals surface area contributed by atoms with Crippen LogP contribution in [-0.2, 0) is 19.2 Å². The number of nitrogens with two attached hydrogens (primary N) is 1. The topological polar surface area (TPSA) is 81.9 Å². The summed E-state index contributed by atoms with van der Waals surface area (Å²) in [6, 6.07) is 8.00. The molecule has 0 radical (unpaired) electrons. The van der Waals surface area contributed by atoms with Crippen molar-refractivity contribution in [2.24, 2.45) is 5.73 Å². The highest BCUT2D eigenvalue weighted by Gasteiger charge is 2.36. The number of rotatable bonds is 13. The molecule has 2 N–H and O–H groups in total. The van der Waals surface area contributed by atoms with Crippen LogP contribution in [0.3, 0.4) is 0 Å². The average Bonchev–Trinajstić information content (AvgIpc) is 2.74. The maximum absolute atomic E-state index is 13.2. The third-order valence-corrected chi connectivity index (χ3v) is 5.34. The Hall–Kier alpha value is -1.28. The highest BCUT2D eigenvalue weighted by atomic mass is 35.5. The van der Waals surface area contributed by atoms with Gasteiger partial charge in [-0.05, 0) is 30.4 Å². The molecule has 1 aromatic rings. The second-order valence-electron chi connectivity index (χ2n) is 6.75. The Morgan fingerprint density at radius 2 is 1.86 bits per heavy atom. The standard InChI is InChI=1S/C21H34N2O4S.ClH/c1-5-6-10-14-27-23(18(13-15-28-4)21(25)26-3)20(24)19(22)16(2)17-11-8-7-9-12-17;/h7-9,11-12,16,18-19H,5-6,10,13-15,22H2,1-4H3;1H/t16-,18-,19?;/m0./s1. The predicted molar refractivity (Wildman–Crippen MR) is 121 cm³/mol. The van der Waals surface area contributed by atoms with Crippen LogP contribution in [0.2, 0.25) is 0 Å². The summed E-state index contributed by atoms with van der Waals surface area (Å²) >= 11 is 1.60. The fourth-order valence-electron chi connectivity index (χ4n) is 2.84. The van der Waals surface area contributed by atoms with Gasteiger partial charge in [-0.1, -0.05) is 57.0 Å². The molecule has 3 atom stereocenters. The summed E-state index contributed by atoms with van der Waals surface area (Å²) in [5, 5.41) is 1.17. The van der Waals surface area contributed by atoms with Crippen molar-refractivity contribution >= 4 is 36.0 Å². The Balaban J connectivity index is 0.00000784. The summed E-state index contributed by atoms with van der Waals surface area (Å²) in [6.45, 7) is 4.36. The molecule has 0 fully saturated rings. The van der Waals surface area contributed by atoms with Gasteiger partial charge in [0.25, 0.3) is 5.91 Å². The van der Waals surface area contributed by atoms with Gasteiger partial charge in [0.15, 0.2) is 6.04 Å². The number of carbonyl (C=O) groups is 2. The summed E-state index contributed by atoms with van der Waals surface area (Å²) in [5.74, 6) is -0.401. The molecule has 0 bridgehead atoms.